The number of anilines is 1. The number of hydrogen-bond donors (Lipinski definition) is 1. The number of pyridine rings is 1. The van der Waals surface area contributed by atoms with E-state index in [9.17, 15) is 14.4 Å². The summed E-state index contributed by atoms with van der Waals surface area (Å²) in [5.74, 6) is -0.896. The normalized spacial score (nSPS) is 11.8. The van der Waals surface area contributed by atoms with Crippen molar-refractivity contribution in [1.29, 1.82) is 0 Å². The molecule has 1 N–H and O–H groups in total. The quantitative estimate of drug-likeness (QED) is 0.423. The largest absolute Gasteiger partial charge is 0.457 e. The number of para-hydroxylation sites is 1. The van der Waals surface area contributed by atoms with E-state index >= 15 is 0 Å². The van der Waals surface area contributed by atoms with Gasteiger partial charge in [-0.2, -0.15) is 0 Å². The number of ether oxygens (including phenoxy) is 1. The van der Waals surface area contributed by atoms with Crippen molar-refractivity contribution in [2.24, 2.45) is 0 Å². The molecule has 168 valence electrons. The molecule has 1 amide bonds. The second-order valence-electron chi connectivity index (χ2n) is 7.71. The van der Waals surface area contributed by atoms with Crippen molar-refractivity contribution in [2.75, 3.05) is 5.32 Å². The molecule has 1 atom stereocenters. The fourth-order valence-corrected chi connectivity index (χ4v) is 4.49. The Bertz CT molecular complexity index is 1390. The number of esters is 1. The number of hydrogen-bond acceptors (Lipinski definition) is 6. The summed E-state index contributed by atoms with van der Waals surface area (Å²) in [4.78, 5) is 42.8. The van der Waals surface area contributed by atoms with Gasteiger partial charge in [-0.1, -0.05) is 59.9 Å². The van der Waals surface area contributed by atoms with Crippen LogP contribution in [0.5, 0.6) is 0 Å². The van der Waals surface area contributed by atoms with E-state index in [0.29, 0.717) is 16.1 Å². The van der Waals surface area contributed by atoms with Crippen LogP contribution in [0.2, 0.25) is 0 Å². The predicted molar refractivity (Wildman–Crippen MR) is 129 cm³/mol. The summed E-state index contributed by atoms with van der Waals surface area (Å²) in [6.45, 7) is 5.37. The molecule has 0 aliphatic rings. The van der Waals surface area contributed by atoms with Gasteiger partial charge in [-0.3, -0.25) is 14.2 Å². The summed E-state index contributed by atoms with van der Waals surface area (Å²) >= 11 is 1.05. The number of rotatable bonds is 6. The summed E-state index contributed by atoms with van der Waals surface area (Å²) in [6.07, 6.45) is 0. The molecule has 0 bridgehead atoms. The van der Waals surface area contributed by atoms with E-state index < -0.39 is 17.9 Å². The smallest absolute Gasteiger partial charge is 0.350 e. The maximum absolute atomic E-state index is 13.0. The lowest BCUT2D eigenvalue weighted by Crippen LogP contribution is -2.31. The minimum atomic E-state index is -0.777. The summed E-state index contributed by atoms with van der Waals surface area (Å²) in [6, 6.07) is 17.6. The fraction of sp³-hybridized carbons (Fsp3) is 0.200. The van der Waals surface area contributed by atoms with Crippen molar-refractivity contribution < 1.29 is 14.3 Å². The lowest BCUT2D eigenvalue weighted by Gasteiger charge is -2.18. The Balaban J connectivity index is 1.51. The van der Waals surface area contributed by atoms with E-state index in [0.717, 1.165) is 27.8 Å². The van der Waals surface area contributed by atoms with Gasteiger partial charge in [-0.25, -0.2) is 9.78 Å². The highest BCUT2D eigenvalue weighted by atomic mass is 32.1. The van der Waals surface area contributed by atoms with Crippen LogP contribution in [-0.4, -0.2) is 21.4 Å². The third kappa shape index (κ3) is 4.70. The van der Waals surface area contributed by atoms with Crippen molar-refractivity contribution in [3.05, 3.63) is 92.7 Å². The zero-order chi connectivity index (χ0) is 23.5. The van der Waals surface area contributed by atoms with Crippen molar-refractivity contribution in [3.8, 4) is 0 Å². The number of nitrogens with zero attached hydrogens (tertiary/aromatic N) is 2. The van der Waals surface area contributed by atoms with Gasteiger partial charge in [0.25, 0.3) is 5.56 Å². The molecule has 4 aromatic rings. The first-order chi connectivity index (χ1) is 15.8. The minimum Gasteiger partial charge on any atom is -0.457 e. The first-order valence-corrected chi connectivity index (χ1v) is 11.3. The molecule has 0 radical (unpaired) electrons. The third-order valence-electron chi connectivity index (χ3n) is 5.36. The number of carbonyl (C=O) groups excluding carboxylic acids is 2. The zero-order valence-corrected chi connectivity index (χ0v) is 19.3. The van der Waals surface area contributed by atoms with Crippen molar-refractivity contribution in [3.63, 3.8) is 0 Å². The van der Waals surface area contributed by atoms with Gasteiger partial charge in [0.2, 0.25) is 5.91 Å². The van der Waals surface area contributed by atoms with Crippen LogP contribution in [-0.2, 0) is 16.1 Å². The Morgan fingerprint density at radius 3 is 2.55 bits per heavy atom. The summed E-state index contributed by atoms with van der Waals surface area (Å²) in [7, 11) is 0. The summed E-state index contributed by atoms with van der Waals surface area (Å²) in [5, 5.41) is 3.92. The number of aryl methyl sites for hydroxylation is 2. The molecule has 7 nitrogen and oxygen atoms in total. The first kappa shape index (κ1) is 22.4. The average molecular weight is 462 g/mol. The molecule has 0 aliphatic heterocycles. The maximum atomic E-state index is 13.0. The molecule has 33 heavy (non-hydrogen) atoms. The van der Waals surface area contributed by atoms with E-state index in [2.05, 4.69) is 10.3 Å². The number of thiazole rings is 1. The van der Waals surface area contributed by atoms with E-state index in [4.69, 9.17) is 4.74 Å². The van der Waals surface area contributed by atoms with Crippen LogP contribution in [0.15, 0.2) is 65.5 Å². The van der Waals surface area contributed by atoms with Crippen LogP contribution in [0.3, 0.4) is 0 Å². The number of carbonyl (C=O) groups is 2. The molecule has 1 unspecified atom stereocenters. The Labute approximate surface area is 194 Å². The second kappa shape index (κ2) is 9.38. The second-order valence-corrected chi connectivity index (χ2v) is 8.71. The van der Waals surface area contributed by atoms with Crippen LogP contribution in [0.1, 0.15) is 39.5 Å². The van der Waals surface area contributed by atoms with Crippen molar-refractivity contribution in [1.82, 2.24) is 9.55 Å². The molecule has 0 saturated carbocycles. The molecule has 2 aromatic heterocycles. The van der Waals surface area contributed by atoms with E-state index in [1.165, 1.54) is 10.6 Å². The van der Waals surface area contributed by atoms with Gasteiger partial charge in [-0.15, -0.1) is 0 Å². The van der Waals surface area contributed by atoms with Gasteiger partial charge in [0.1, 0.15) is 17.5 Å². The van der Waals surface area contributed by atoms with Crippen LogP contribution in [0, 0.1) is 13.8 Å². The Morgan fingerprint density at radius 2 is 1.79 bits per heavy atom. The van der Waals surface area contributed by atoms with Crippen LogP contribution < -0.4 is 10.9 Å². The number of benzene rings is 2. The number of fused-ring (bicyclic) bond motifs is 1. The number of aromatic nitrogens is 2. The third-order valence-corrected chi connectivity index (χ3v) is 6.41. The molecule has 0 spiro atoms. The lowest BCUT2D eigenvalue weighted by atomic mass is 10.1. The monoisotopic (exact) mass is 461 g/mol. The minimum absolute atomic E-state index is 0.152. The van der Waals surface area contributed by atoms with Crippen LogP contribution in [0.25, 0.3) is 10.9 Å². The highest BCUT2D eigenvalue weighted by Gasteiger charge is 2.22. The topological polar surface area (TPSA) is 90.3 Å². The van der Waals surface area contributed by atoms with Crippen LogP contribution >= 0.6 is 11.3 Å². The SMILES string of the molecule is Cc1nc(NC(=O)C(C)n2c(=O)cc(C)c3ccccc32)sc1C(=O)OCc1ccccc1. The van der Waals surface area contributed by atoms with Gasteiger partial charge in [0.15, 0.2) is 5.13 Å². The Hall–Kier alpha value is -3.78. The Morgan fingerprint density at radius 1 is 1.09 bits per heavy atom. The van der Waals surface area contributed by atoms with Gasteiger partial charge in [-0.05, 0) is 38.0 Å². The lowest BCUT2D eigenvalue weighted by molar-refractivity contribution is -0.118. The first-order valence-electron chi connectivity index (χ1n) is 10.5. The number of amides is 1. The molecule has 8 heteroatoms. The standard InChI is InChI=1S/C25H23N3O4S/c1-15-13-21(29)28(20-12-8-7-11-19(15)20)17(3)23(30)27-25-26-16(2)22(33-25)24(31)32-14-18-9-5-4-6-10-18/h4-13,17H,14H2,1-3H3,(H,26,27,30). The van der Waals surface area contributed by atoms with Gasteiger partial charge >= 0.3 is 5.97 Å². The van der Waals surface area contributed by atoms with E-state index in [1.807, 2.05) is 61.5 Å². The summed E-state index contributed by atoms with van der Waals surface area (Å²) < 4.78 is 6.84. The van der Waals surface area contributed by atoms with Crippen LogP contribution in [0.4, 0.5) is 5.13 Å². The molecule has 2 aromatic carbocycles. The van der Waals surface area contributed by atoms with Gasteiger partial charge in [0, 0.05) is 11.5 Å². The van der Waals surface area contributed by atoms with Gasteiger partial charge < -0.3 is 10.1 Å². The molecular formula is C25H23N3O4S. The highest BCUT2D eigenvalue weighted by Crippen LogP contribution is 2.25. The molecule has 0 aliphatic carbocycles. The Kier molecular flexibility index (Phi) is 6.37. The van der Waals surface area contributed by atoms with Gasteiger partial charge in [0.05, 0.1) is 11.2 Å². The van der Waals surface area contributed by atoms with Crippen molar-refractivity contribution >= 4 is 39.2 Å². The van der Waals surface area contributed by atoms with Crippen molar-refractivity contribution in [2.45, 2.75) is 33.4 Å². The van der Waals surface area contributed by atoms with E-state index in [1.54, 1.807) is 13.8 Å². The zero-order valence-electron chi connectivity index (χ0n) is 18.5. The molecule has 2 heterocycles. The maximum Gasteiger partial charge on any atom is 0.350 e. The highest BCUT2D eigenvalue weighted by molar-refractivity contribution is 7.17. The molecule has 0 saturated heterocycles. The molecule has 0 fully saturated rings. The molecular weight excluding hydrogens is 438 g/mol. The fourth-order valence-electron chi connectivity index (χ4n) is 3.62. The predicted octanol–water partition coefficient (Wildman–Crippen LogP) is 4.63. The molecule has 4 rings (SSSR count). The van der Waals surface area contributed by atoms with E-state index in [-0.39, 0.29) is 17.3 Å². The average Bonchev–Trinajstić information content (AvgIpc) is 3.18. The number of nitrogens with one attached hydrogen (secondary N) is 1. The summed E-state index contributed by atoms with van der Waals surface area (Å²) in [5.41, 5.74) is 2.64.